The van der Waals surface area contributed by atoms with Crippen molar-refractivity contribution in [3.8, 4) is 11.1 Å². The molecule has 0 bridgehead atoms. The number of hydrogen-bond donors (Lipinski definition) is 1. The van der Waals surface area contributed by atoms with Gasteiger partial charge in [0.05, 0.1) is 12.0 Å². The lowest BCUT2D eigenvalue weighted by Crippen LogP contribution is -2.06. The Kier molecular flexibility index (Phi) is 5.63. The molecular formula is C18H17N5OS3. The van der Waals surface area contributed by atoms with Crippen LogP contribution in [0.1, 0.15) is 5.56 Å². The number of aromatic nitrogens is 4. The zero-order valence-electron chi connectivity index (χ0n) is 14.8. The predicted molar refractivity (Wildman–Crippen MR) is 112 cm³/mol. The number of hydrogen-bond acceptors (Lipinski definition) is 9. The van der Waals surface area contributed by atoms with E-state index in [4.69, 9.17) is 4.74 Å². The number of thiophene rings is 1. The Bertz CT molecular complexity index is 1040. The van der Waals surface area contributed by atoms with Gasteiger partial charge in [-0.25, -0.2) is 9.97 Å². The van der Waals surface area contributed by atoms with E-state index in [9.17, 15) is 0 Å². The van der Waals surface area contributed by atoms with Gasteiger partial charge in [0, 0.05) is 24.6 Å². The third-order valence-electron chi connectivity index (χ3n) is 3.87. The third kappa shape index (κ3) is 4.11. The minimum Gasteiger partial charge on any atom is -0.383 e. The van der Waals surface area contributed by atoms with Crippen LogP contribution in [0.2, 0.25) is 0 Å². The molecule has 4 aromatic rings. The van der Waals surface area contributed by atoms with Crippen molar-refractivity contribution < 1.29 is 4.74 Å². The first-order valence-corrected chi connectivity index (χ1v) is 10.8. The number of fused-ring (bicyclic) bond motifs is 1. The van der Waals surface area contributed by atoms with Crippen molar-refractivity contribution in [1.82, 2.24) is 20.2 Å². The highest BCUT2D eigenvalue weighted by molar-refractivity contribution is 8.01. The van der Waals surface area contributed by atoms with Crippen LogP contribution >= 0.6 is 34.4 Å². The molecule has 0 amide bonds. The minimum absolute atomic E-state index is 0.628. The van der Waals surface area contributed by atoms with E-state index in [2.05, 4.69) is 62.1 Å². The molecule has 0 aliphatic heterocycles. The topological polar surface area (TPSA) is 72.8 Å². The lowest BCUT2D eigenvalue weighted by Gasteiger charge is -2.04. The molecule has 3 aromatic heterocycles. The first-order valence-electron chi connectivity index (χ1n) is 8.28. The summed E-state index contributed by atoms with van der Waals surface area (Å²) >= 11 is 4.67. The fourth-order valence-corrected chi connectivity index (χ4v) is 5.32. The summed E-state index contributed by atoms with van der Waals surface area (Å²) < 4.78 is 5.88. The molecule has 4 rings (SSSR count). The Morgan fingerprint density at radius 2 is 2.00 bits per heavy atom. The second kappa shape index (κ2) is 8.30. The number of benzene rings is 1. The molecule has 27 heavy (non-hydrogen) atoms. The van der Waals surface area contributed by atoms with Crippen molar-refractivity contribution in [2.45, 2.75) is 16.3 Å². The van der Waals surface area contributed by atoms with Crippen molar-refractivity contribution in [3.63, 3.8) is 0 Å². The van der Waals surface area contributed by atoms with Crippen LogP contribution in [0.4, 0.5) is 5.13 Å². The van der Waals surface area contributed by atoms with Gasteiger partial charge in [-0.05, 0) is 24.2 Å². The van der Waals surface area contributed by atoms with Crippen LogP contribution < -0.4 is 5.32 Å². The Labute approximate surface area is 169 Å². The molecule has 138 valence electrons. The molecule has 0 spiro atoms. The second-order valence-corrected chi connectivity index (χ2v) is 8.84. The van der Waals surface area contributed by atoms with Gasteiger partial charge in [-0.2, -0.15) is 0 Å². The SMILES string of the molecule is COCCNc1nnc(Sc2ncnc3scc(-c4ccc(C)cc4)c23)s1. The van der Waals surface area contributed by atoms with Gasteiger partial charge in [0.25, 0.3) is 0 Å². The molecule has 0 aliphatic rings. The monoisotopic (exact) mass is 415 g/mol. The summed E-state index contributed by atoms with van der Waals surface area (Å²) in [6.45, 7) is 3.42. The van der Waals surface area contributed by atoms with Gasteiger partial charge in [0.2, 0.25) is 5.13 Å². The van der Waals surface area contributed by atoms with Crippen molar-refractivity contribution in [3.05, 3.63) is 41.5 Å². The summed E-state index contributed by atoms with van der Waals surface area (Å²) in [5.74, 6) is 0. The Morgan fingerprint density at radius 3 is 2.81 bits per heavy atom. The van der Waals surface area contributed by atoms with Crippen molar-refractivity contribution in [2.75, 3.05) is 25.6 Å². The Morgan fingerprint density at radius 1 is 1.15 bits per heavy atom. The van der Waals surface area contributed by atoms with Crippen LogP contribution in [0.15, 0.2) is 45.3 Å². The maximum absolute atomic E-state index is 5.04. The molecule has 9 heteroatoms. The third-order valence-corrected chi connectivity index (χ3v) is 6.69. The molecule has 0 aliphatic carbocycles. The summed E-state index contributed by atoms with van der Waals surface area (Å²) in [6.07, 6.45) is 1.61. The molecule has 0 radical (unpaired) electrons. The van der Waals surface area contributed by atoms with E-state index >= 15 is 0 Å². The van der Waals surface area contributed by atoms with Crippen LogP contribution in [0.3, 0.4) is 0 Å². The molecule has 0 unspecified atom stereocenters. The molecule has 6 nitrogen and oxygen atoms in total. The van der Waals surface area contributed by atoms with Crippen LogP contribution in [0.25, 0.3) is 21.3 Å². The molecule has 0 fully saturated rings. The number of methoxy groups -OCH3 is 1. The summed E-state index contributed by atoms with van der Waals surface area (Å²) in [5.41, 5.74) is 3.57. The quantitative estimate of drug-likeness (QED) is 0.345. The highest BCUT2D eigenvalue weighted by Crippen LogP contribution is 2.41. The first kappa shape index (κ1) is 18.3. The molecule has 0 saturated heterocycles. The lowest BCUT2D eigenvalue weighted by molar-refractivity contribution is 0.211. The number of anilines is 1. The van der Waals surface area contributed by atoms with Gasteiger partial charge in [-0.1, -0.05) is 41.2 Å². The fraction of sp³-hybridized carbons (Fsp3) is 0.222. The van der Waals surface area contributed by atoms with Crippen molar-refractivity contribution in [1.29, 1.82) is 0 Å². The highest BCUT2D eigenvalue weighted by atomic mass is 32.2. The van der Waals surface area contributed by atoms with Crippen LogP contribution in [0.5, 0.6) is 0 Å². The molecule has 0 saturated carbocycles. The number of nitrogens with one attached hydrogen (secondary N) is 1. The summed E-state index contributed by atoms with van der Waals surface area (Å²) in [5, 5.41) is 16.5. The molecule has 1 N–H and O–H groups in total. The molecule has 1 aromatic carbocycles. The van der Waals surface area contributed by atoms with E-state index in [-0.39, 0.29) is 0 Å². The van der Waals surface area contributed by atoms with E-state index < -0.39 is 0 Å². The van der Waals surface area contributed by atoms with Crippen LogP contribution in [-0.4, -0.2) is 40.4 Å². The summed E-state index contributed by atoms with van der Waals surface area (Å²) in [7, 11) is 1.68. The average Bonchev–Trinajstić information content (AvgIpc) is 3.30. The smallest absolute Gasteiger partial charge is 0.206 e. The average molecular weight is 416 g/mol. The predicted octanol–water partition coefficient (Wildman–Crippen LogP) is 4.73. The number of ether oxygens (including phenoxy) is 1. The lowest BCUT2D eigenvalue weighted by atomic mass is 10.1. The number of rotatable bonds is 7. The van der Waals surface area contributed by atoms with Crippen molar-refractivity contribution in [2.24, 2.45) is 0 Å². The van der Waals surface area contributed by atoms with Gasteiger partial charge in [-0.15, -0.1) is 21.5 Å². The van der Waals surface area contributed by atoms with Gasteiger partial charge in [-0.3, -0.25) is 0 Å². The zero-order chi connectivity index (χ0) is 18.6. The van der Waals surface area contributed by atoms with Gasteiger partial charge >= 0.3 is 0 Å². The van der Waals surface area contributed by atoms with Gasteiger partial charge in [0.15, 0.2) is 4.34 Å². The van der Waals surface area contributed by atoms with E-state index in [1.165, 1.54) is 34.2 Å². The van der Waals surface area contributed by atoms with E-state index in [1.807, 2.05) is 0 Å². The highest BCUT2D eigenvalue weighted by Gasteiger charge is 2.16. The normalized spacial score (nSPS) is 11.2. The van der Waals surface area contributed by atoms with Crippen LogP contribution in [0, 0.1) is 6.92 Å². The maximum atomic E-state index is 5.04. The minimum atomic E-state index is 0.628. The first-order chi connectivity index (χ1) is 13.2. The molecule has 3 heterocycles. The van der Waals surface area contributed by atoms with Crippen LogP contribution in [-0.2, 0) is 4.74 Å². The molecule has 0 atom stereocenters. The molecular weight excluding hydrogens is 398 g/mol. The van der Waals surface area contributed by atoms with Crippen molar-refractivity contribution >= 4 is 49.8 Å². The summed E-state index contributed by atoms with van der Waals surface area (Å²) in [6, 6.07) is 8.53. The maximum Gasteiger partial charge on any atom is 0.206 e. The summed E-state index contributed by atoms with van der Waals surface area (Å²) in [4.78, 5) is 9.94. The van der Waals surface area contributed by atoms with E-state index in [0.717, 1.165) is 30.3 Å². The Balaban J connectivity index is 1.64. The van der Waals surface area contributed by atoms with E-state index in [0.29, 0.717) is 13.2 Å². The second-order valence-electron chi connectivity index (χ2n) is 5.77. The largest absolute Gasteiger partial charge is 0.383 e. The van der Waals surface area contributed by atoms with E-state index in [1.54, 1.807) is 24.8 Å². The van der Waals surface area contributed by atoms with Gasteiger partial charge < -0.3 is 10.1 Å². The fourth-order valence-electron chi connectivity index (χ4n) is 2.54. The standard InChI is InChI=1S/C18H17N5OS3/c1-11-3-5-12(6-4-11)13-9-25-15-14(13)16(21-10-20-15)26-18-23-22-17(27-18)19-7-8-24-2/h3-6,9-10H,7-8H2,1-2H3,(H,19,22). The van der Waals surface area contributed by atoms with Gasteiger partial charge in [0.1, 0.15) is 16.2 Å². The zero-order valence-corrected chi connectivity index (χ0v) is 17.2. The number of nitrogens with zero attached hydrogens (tertiary/aromatic N) is 4. The number of aryl methyl sites for hydroxylation is 1. The Hall–Kier alpha value is -2.07.